The molecule has 1 aromatic carbocycles. The zero-order valence-corrected chi connectivity index (χ0v) is 14.0. The van der Waals surface area contributed by atoms with Gasteiger partial charge in [0.15, 0.2) is 0 Å². The molecular weight excluding hydrogens is 312 g/mol. The number of hydrogen-bond acceptors (Lipinski definition) is 2. The molecule has 0 bridgehead atoms. The molecule has 1 atom stereocenters. The van der Waals surface area contributed by atoms with E-state index in [2.05, 4.69) is 11.9 Å². The Kier molecular flexibility index (Phi) is 6.66. The minimum Gasteiger partial charge on any atom is -0.352 e. The SMILES string of the molecule is C=CCCC(=O)N1CCCC(CNC(=O)c2ccccc2Cl)C1. The fraction of sp³-hybridized carbons (Fsp3) is 0.444. The fourth-order valence-electron chi connectivity index (χ4n) is 2.82. The van der Waals surface area contributed by atoms with Gasteiger partial charge in [-0.1, -0.05) is 29.8 Å². The standard InChI is InChI=1S/C18H23ClN2O2/c1-2-3-10-17(22)21-11-6-7-14(13-21)12-20-18(23)15-8-4-5-9-16(15)19/h2,4-5,8-9,14H,1,3,6-7,10-13H2,(H,20,23). The van der Waals surface area contributed by atoms with Crippen LogP contribution >= 0.6 is 11.6 Å². The van der Waals surface area contributed by atoms with Gasteiger partial charge >= 0.3 is 0 Å². The van der Waals surface area contributed by atoms with E-state index < -0.39 is 0 Å². The average molecular weight is 335 g/mol. The van der Waals surface area contributed by atoms with Gasteiger partial charge in [-0.2, -0.15) is 0 Å². The predicted octanol–water partition coefficient (Wildman–Crippen LogP) is 3.27. The molecule has 1 aliphatic heterocycles. The summed E-state index contributed by atoms with van der Waals surface area (Å²) in [5, 5.41) is 3.39. The molecule has 1 heterocycles. The van der Waals surface area contributed by atoms with Crippen molar-refractivity contribution < 1.29 is 9.59 Å². The van der Waals surface area contributed by atoms with Crippen molar-refractivity contribution >= 4 is 23.4 Å². The van der Waals surface area contributed by atoms with Crippen molar-refractivity contribution in [1.82, 2.24) is 10.2 Å². The third-order valence-electron chi connectivity index (χ3n) is 4.10. The molecule has 1 aromatic rings. The molecule has 0 radical (unpaired) electrons. The van der Waals surface area contributed by atoms with Crippen molar-refractivity contribution in [3.8, 4) is 0 Å². The van der Waals surface area contributed by atoms with E-state index in [0.29, 0.717) is 42.4 Å². The van der Waals surface area contributed by atoms with E-state index in [1.54, 1.807) is 30.3 Å². The number of piperidine rings is 1. The van der Waals surface area contributed by atoms with Crippen LogP contribution in [0.4, 0.5) is 0 Å². The minimum atomic E-state index is -0.161. The Morgan fingerprint density at radius 2 is 2.17 bits per heavy atom. The van der Waals surface area contributed by atoms with Gasteiger partial charge in [0.2, 0.25) is 5.91 Å². The van der Waals surface area contributed by atoms with Crippen molar-refractivity contribution in [3.63, 3.8) is 0 Å². The van der Waals surface area contributed by atoms with Crippen molar-refractivity contribution in [2.75, 3.05) is 19.6 Å². The van der Waals surface area contributed by atoms with Crippen LogP contribution < -0.4 is 5.32 Å². The number of carbonyl (C=O) groups is 2. The van der Waals surface area contributed by atoms with E-state index in [-0.39, 0.29) is 11.8 Å². The van der Waals surface area contributed by atoms with Gasteiger partial charge in [-0.25, -0.2) is 0 Å². The summed E-state index contributed by atoms with van der Waals surface area (Å²) in [6.45, 7) is 5.73. The summed E-state index contributed by atoms with van der Waals surface area (Å²) < 4.78 is 0. The van der Waals surface area contributed by atoms with Gasteiger partial charge in [0.1, 0.15) is 0 Å². The van der Waals surface area contributed by atoms with Gasteiger partial charge < -0.3 is 10.2 Å². The number of halogens is 1. The van der Waals surface area contributed by atoms with Crippen molar-refractivity contribution in [2.24, 2.45) is 5.92 Å². The third kappa shape index (κ3) is 5.10. The quantitative estimate of drug-likeness (QED) is 0.812. The first kappa shape index (κ1) is 17.5. The summed E-state index contributed by atoms with van der Waals surface area (Å²) in [4.78, 5) is 26.2. The second kappa shape index (κ2) is 8.73. The highest BCUT2D eigenvalue weighted by atomic mass is 35.5. The first-order chi connectivity index (χ1) is 11.1. The highest BCUT2D eigenvalue weighted by Crippen LogP contribution is 2.18. The second-order valence-electron chi connectivity index (χ2n) is 5.87. The molecule has 0 spiro atoms. The van der Waals surface area contributed by atoms with Crippen molar-refractivity contribution in [3.05, 3.63) is 47.5 Å². The first-order valence-electron chi connectivity index (χ1n) is 8.03. The maximum absolute atomic E-state index is 12.2. The van der Waals surface area contributed by atoms with Gasteiger partial charge in [0.05, 0.1) is 10.6 Å². The van der Waals surface area contributed by atoms with Crippen LogP contribution in [-0.4, -0.2) is 36.3 Å². The maximum atomic E-state index is 12.2. The topological polar surface area (TPSA) is 49.4 Å². The highest BCUT2D eigenvalue weighted by molar-refractivity contribution is 6.33. The number of benzene rings is 1. The number of carbonyl (C=O) groups excluding carboxylic acids is 2. The predicted molar refractivity (Wildman–Crippen MR) is 92.5 cm³/mol. The molecule has 1 saturated heterocycles. The van der Waals surface area contributed by atoms with Crippen LogP contribution in [0, 0.1) is 5.92 Å². The molecule has 23 heavy (non-hydrogen) atoms. The second-order valence-corrected chi connectivity index (χ2v) is 6.27. The Bertz CT molecular complexity index is 574. The Balaban J connectivity index is 1.83. The van der Waals surface area contributed by atoms with E-state index in [9.17, 15) is 9.59 Å². The maximum Gasteiger partial charge on any atom is 0.252 e. The van der Waals surface area contributed by atoms with Crippen LogP contribution in [0.15, 0.2) is 36.9 Å². The molecule has 5 heteroatoms. The van der Waals surface area contributed by atoms with Crippen LogP contribution in [0.25, 0.3) is 0 Å². The van der Waals surface area contributed by atoms with E-state index >= 15 is 0 Å². The van der Waals surface area contributed by atoms with Crippen molar-refractivity contribution in [1.29, 1.82) is 0 Å². The van der Waals surface area contributed by atoms with E-state index in [0.717, 1.165) is 19.4 Å². The first-order valence-corrected chi connectivity index (χ1v) is 8.41. The molecule has 2 amide bonds. The summed E-state index contributed by atoms with van der Waals surface area (Å²) in [7, 11) is 0. The summed E-state index contributed by atoms with van der Waals surface area (Å²) in [5.74, 6) is 0.306. The van der Waals surface area contributed by atoms with E-state index in [1.807, 2.05) is 4.90 Å². The number of amides is 2. The number of nitrogens with one attached hydrogen (secondary N) is 1. The molecule has 1 aliphatic rings. The number of allylic oxidation sites excluding steroid dienone is 1. The smallest absolute Gasteiger partial charge is 0.252 e. The third-order valence-corrected chi connectivity index (χ3v) is 4.43. The number of rotatable bonds is 6. The van der Waals surface area contributed by atoms with Gasteiger partial charge in [-0.05, 0) is 37.3 Å². The lowest BCUT2D eigenvalue weighted by Crippen LogP contribution is -2.43. The number of likely N-dealkylation sites (tertiary alicyclic amines) is 1. The van der Waals surface area contributed by atoms with Crippen LogP contribution in [-0.2, 0) is 4.79 Å². The highest BCUT2D eigenvalue weighted by Gasteiger charge is 2.23. The van der Waals surface area contributed by atoms with Gasteiger partial charge in [0.25, 0.3) is 5.91 Å². The average Bonchev–Trinajstić information content (AvgIpc) is 2.58. The Labute approximate surface area is 142 Å². The van der Waals surface area contributed by atoms with Crippen LogP contribution in [0.5, 0.6) is 0 Å². The van der Waals surface area contributed by atoms with Crippen molar-refractivity contribution in [2.45, 2.75) is 25.7 Å². The lowest BCUT2D eigenvalue weighted by atomic mass is 9.97. The molecule has 124 valence electrons. The number of nitrogens with zero attached hydrogens (tertiary/aromatic N) is 1. The van der Waals surface area contributed by atoms with E-state index in [4.69, 9.17) is 11.6 Å². The molecule has 0 aliphatic carbocycles. The molecule has 4 nitrogen and oxygen atoms in total. The Morgan fingerprint density at radius 3 is 2.91 bits per heavy atom. The summed E-state index contributed by atoms with van der Waals surface area (Å²) >= 11 is 6.03. The monoisotopic (exact) mass is 334 g/mol. The lowest BCUT2D eigenvalue weighted by Gasteiger charge is -2.33. The Hall–Kier alpha value is -1.81. The molecule has 2 rings (SSSR count). The molecule has 1 N–H and O–H groups in total. The molecule has 0 saturated carbocycles. The van der Waals surface area contributed by atoms with Crippen LogP contribution in [0.2, 0.25) is 5.02 Å². The lowest BCUT2D eigenvalue weighted by molar-refractivity contribution is -0.132. The largest absolute Gasteiger partial charge is 0.352 e. The van der Waals surface area contributed by atoms with Crippen LogP contribution in [0.1, 0.15) is 36.0 Å². The minimum absolute atomic E-state index is 0.161. The number of hydrogen-bond donors (Lipinski definition) is 1. The van der Waals surface area contributed by atoms with Gasteiger partial charge in [-0.3, -0.25) is 9.59 Å². The summed E-state index contributed by atoms with van der Waals surface area (Å²) in [6, 6.07) is 7.01. The summed E-state index contributed by atoms with van der Waals surface area (Å²) in [6.07, 6.45) is 5.00. The van der Waals surface area contributed by atoms with E-state index in [1.165, 1.54) is 0 Å². The Morgan fingerprint density at radius 1 is 1.39 bits per heavy atom. The molecule has 0 aromatic heterocycles. The fourth-order valence-corrected chi connectivity index (χ4v) is 3.04. The molecule has 1 fully saturated rings. The normalized spacial score (nSPS) is 17.6. The molecule has 1 unspecified atom stereocenters. The van der Waals surface area contributed by atoms with Gasteiger partial charge in [0, 0.05) is 26.1 Å². The summed E-state index contributed by atoms with van der Waals surface area (Å²) in [5.41, 5.74) is 0.490. The zero-order valence-electron chi connectivity index (χ0n) is 13.3. The zero-order chi connectivity index (χ0) is 16.7. The molecular formula is C18H23ClN2O2. The van der Waals surface area contributed by atoms with Crippen LogP contribution in [0.3, 0.4) is 0 Å². The van der Waals surface area contributed by atoms with Gasteiger partial charge in [-0.15, -0.1) is 6.58 Å².